The Hall–Kier alpha value is -0.860. The Balaban J connectivity index is 1.59. The highest BCUT2D eigenvalue weighted by molar-refractivity contribution is 5.27. The number of nitrogens with zero attached hydrogens (tertiary/aromatic N) is 1. The maximum Gasteiger partial charge on any atom is 0.0171 e. The van der Waals surface area contributed by atoms with E-state index in [9.17, 15) is 0 Å². The predicted octanol–water partition coefficient (Wildman–Crippen LogP) is 2.62. The lowest BCUT2D eigenvalue weighted by Gasteiger charge is -2.28. The summed E-state index contributed by atoms with van der Waals surface area (Å²) in [5.74, 6) is 0.800. The van der Waals surface area contributed by atoms with Crippen LogP contribution in [-0.2, 0) is 0 Å². The summed E-state index contributed by atoms with van der Waals surface area (Å²) >= 11 is 0. The summed E-state index contributed by atoms with van der Waals surface area (Å²) in [6.07, 6.45) is 3.95. The quantitative estimate of drug-likeness (QED) is 0.860. The van der Waals surface area contributed by atoms with Gasteiger partial charge in [-0.3, -0.25) is 4.90 Å². The van der Waals surface area contributed by atoms with Crippen molar-refractivity contribution in [2.45, 2.75) is 44.2 Å². The Labute approximate surface area is 110 Å². The summed E-state index contributed by atoms with van der Waals surface area (Å²) in [7, 11) is 0. The number of hydrogen-bond acceptors (Lipinski definition) is 2. The Bertz CT molecular complexity index is 376. The highest BCUT2D eigenvalue weighted by atomic mass is 15.2. The average Bonchev–Trinajstić information content (AvgIpc) is 3.16. The maximum atomic E-state index is 3.58. The number of benzene rings is 1. The first-order valence-corrected chi connectivity index (χ1v) is 7.37. The zero-order valence-electron chi connectivity index (χ0n) is 11.3. The average molecular weight is 244 g/mol. The fourth-order valence-corrected chi connectivity index (χ4v) is 3.18. The van der Waals surface area contributed by atoms with Crippen LogP contribution < -0.4 is 5.32 Å². The first kappa shape index (κ1) is 12.2. The molecule has 1 aliphatic carbocycles. The number of rotatable bonds is 2. The molecule has 2 aliphatic rings. The summed E-state index contributed by atoms with van der Waals surface area (Å²) in [6.45, 7) is 6.03. The van der Waals surface area contributed by atoms with Gasteiger partial charge in [-0.1, -0.05) is 30.3 Å². The molecule has 0 spiro atoms. The minimum absolute atomic E-state index is 0.682. The third-order valence-corrected chi connectivity index (χ3v) is 4.42. The maximum absolute atomic E-state index is 3.58. The molecule has 0 radical (unpaired) electrons. The summed E-state index contributed by atoms with van der Waals surface area (Å²) in [4.78, 5) is 2.73. The van der Waals surface area contributed by atoms with E-state index in [2.05, 4.69) is 47.5 Å². The standard InChI is InChI=1S/C16H24N2/c1-13-8-11-18(10-5-9-17-13)16-12-15(16)14-6-3-2-4-7-14/h2-4,6-7,13,15-17H,5,8-12H2,1H3. The monoisotopic (exact) mass is 244 g/mol. The van der Waals surface area contributed by atoms with E-state index in [0.29, 0.717) is 6.04 Å². The van der Waals surface area contributed by atoms with Crippen molar-refractivity contribution in [3.8, 4) is 0 Å². The minimum Gasteiger partial charge on any atom is -0.314 e. The van der Waals surface area contributed by atoms with Crippen LogP contribution in [0.3, 0.4) is 0 Å². The van der Waals surface area contributed by atoms with Gasteiger partial charge in [0.05, 0.1) is 0 Å². The number of hydrogen-bond donors (Lipinski definition) is 1. The van der Waals surface area contributed by atoms with Crippen molar-refractivity contribution in [2.75, 3.05) is 19.6 Å². The largest absolute Gasteiger partial charge is 0.314 e. The van der Waals surface area contributed by atoms with Crippen LogP contribution in [0, 0.1) is 0 Å². The Morgan fingerprint density at radius 2 is 2.00 bits per heavy atom. The van der Waals surface area contributed by atoms with Crippen molar-refractivity contribution in [2.24, 2.45) is 0 Å². The van der Waals surface area contributed by atoms with Gasteiger partial charge in [0.2, 0.25) is 0 Å². The van der Waals surface area contributed by atoms with E-state index in [1.807, 2.05) is 0 Å². The van der Waals surface area contributed by atoms with Crippen LogP contribution in [0.15, 0.2) is 30.3 Å². The Morgan fingerprint density at radius 1 is 1.17 bits per heavy atom. The van der Waals surface area contributed by atoms with E-state index in [0.717, 1.165) is 12.0 Å². The smallest absolute Gasteiger partial charge is 0.0171 e. The minimum atomic E-state index is 0.682. The van der Waals surface area contributed by atoms with Crippen LogP contribution in [0.5, 0.6) is 0 Å². The molecule has 1 heterocycles. The van der Waals surface area contributed by atoms with Crippen molar-refractivity contribution in [1.82, 2.24) is 10.2 Å². The zero-order valence-corrected chi connectivity index (χ0v) is 11.3. The fraction of sp³-hybridized carbons (Fsp3) is 0.625. The van der Waals surface area contributed by atoms with Gasteiger partial charge in [0.15, 0.2) is 0 Å². The van der Waals surface area contributed by atoms with Gasteiger partial charge in [0.1, 0.15) is 0 Å². The molecule has 2 heteroatoms. The second-order valence-corrected chi connectivity index (χ2v) is 5.85. The molecular formula is C16H24N2. The van der Waals surface area contributed by atoms with Crippen molar-refractivity contribution >= 4 is 0 Å². The van der Waals surface area contributed by atoms with Gasteiger partial charge >= 0.3 is 0 Å². The van der Waals surface area contributed by atoms with Crippen molar-refractivity contribution in [3.05, 3.63) is 35.9 Å². The molecule has 2 fully saturated rings. The zero-order chi connectivity index (χ0) is 12.4. The molecule has 1 saturated heterocycles. The Kier molecular flexibility index (Phi) is 3.67. The van der Waals surface area contributed by atoms with Crippen molar-refractivity contribution in [3.63, 3.8) is 0 Å². The van der Waals surface area contributed by atoms with Crippen LogP contribution in [0.4, 0.5) is 0 Å². The van der Waals surface area contributed by atoms with Crippen LogP contribution in [0.2, 0.25) is 0 Å². The van der Waals surface area contributed by atoms with Gasteiger partial charge in [-0.15, -0.1) is 0 Å². The van der Waals surface area contributed by atoms with E-state index in [1.54, 1.807) is 0 Å². The van der Waals surface area contributed by atoms with E-state index in [-0.39, 0.29) is 0 Å². The highest BCUT2D eigenvalue weighted by Gasteiger charge is 2.42. The van der Waals surface area contributed by atoms with Gasteiger partial charge < -0.3 is 5.32 Å². The van der Waals surface area contributed by atoms with Gasteiger partial charge in [0, 0.05) is 18.0 Å². The molecule has 0 amide bonds. The molecule has 1 aromatic rings. The third kappa shape index (κ3) is 2.76. The van der Waals surface area contributed by atoms with Crippen LogP contribution in [0.25, 0.3) is 0 Å². The molecule has 2 nitrogen and oxygen atoms in total. The lowest BCUT2D eigenvalue weighted by molar-refractivity contribution is 0.225. The molecule has 1 N–H and O–H groups in total. The molecule has 98 valence electrons. The second kappa shape index (κ2) is 5.41. The molecule has 3 atom stereocenters. The third-order valence-electron chi connectivity index (χ3n) is 4.42. The van der Waals surface area contributed by atoms with Crippen molar-refractivity contribution in [1.29, 1.82) is 0 Å². The fourth-order valence-electron chi connectivity index (χ4n) is 3.18. The highest BCUT2D eigenvalue weighted by Crippen LogP contribution is 2.44. The van der Waals surface area contributed by atoms with E-state index >= 15 is 0 Å². The molecule has 18 heavy (non-hydrogen) atoms. The topological polar surface area (TPSA) is 15.3 Å². The first-order chi connectivity index (χ1) is 8.84. The molecule has 1 aromatic carbocycles. The molecule has 1 saturated carbocycles. The molecule has 0 aromatic heterocycles. The first-order valence-electron chi connectivity index (χ1n) is 7.37. The summed E-state index contributed by atoms with van der Waals surface area (Å²) in [5, 5.41) is 3.58. The van der Waals surface area contributed by atoms with Gasteiger partial charge in [-0.05, 0) is 51.4 Å². The van der Waals surface area contributed by atoms with Crippen LogP contribution in [0.1, 0.15) is 37.7 Å². The van der Waals surface area contributed by atoms with Gasteiger partial charge in [-0.2, -0.15) is 0 Å². The van der Waals surface area contributed by atoms with Gasteiger partial charge in [-0.25, -0.2) is 0 Å². The van der Waals surface area contributed by atoms with Crippen LogP contribution >= 0.6 is 0 Å². The Morgan fingerprint density at radius 3 is 2.83 bits per heavy atom. The van der Waals surface area contributed by atoms with E-state index < -0.39 is 0 Å². The van der Waals surface area contributed by atoms with E-state index in [1.165, 1.54) is 44.5 Å². The predicted molar refractivity (Wildman–Crippen MR) is 75.9 cm³/mol. The van der Waals surface area contributed by atoms with Gasteiger partial charge in [0.25, 0.3) is 0 Å². The SMILES string of the molecule is CC1CCN(C2CC2c2ccccc2)CCCN1. The summed E-state index contributed by atoms with van der Waals surface area (Å²) in [6, 6.07) is 12.5. The summed E-state index contributed by atoms with van der Waals surface area (Å²) in [5.41, 5.74) is 1.54. The molecule has 3 rings (SSSR count). The van der Waals surface area contributed by atoms with Crippen molar-refractivity contribution < 1.29 is 0 Å². The molecular weight excluding hydrogens is 220 g/mol. The second-order valence-electron chi connectivity index (χ2n) is 5.85. The molecule has 0 bridgehead atoms. The lowest BCUT2D eigenvalue weighted by atomic mass is 10.1. The normalized spacial score (nSPS) is 33.7. The lowest BCUT2D eigenvalue weighted by Crippen LogP contribution is -2.39. The van der Waals surface area contributed by atoms with Crippen LogP contribution in [-0.4, -0.2) is 36.6 Å². The molecule has 3 unspecified atom stereocenters. The molecule has 1 aliphatic heterocycles. The van der Waals surface area contributed by atoms with E-state index in [4.69, 9.17) is 0 Å². The summed E-state index contributed by atoms with van der Waals surface area (Å²) < 4.78 is 0. The number of nitrogens with one attached hydrogen (secondary N) is 1.